The standard InChI is InChI=1S/C14H22N2O4S2/c1-21(17,18)15-11-10-12-6-8-14(9-7-12)22(19,20)16-13-4-2-3-5-13/h6-9,13,15-16H,2-5,10-11H2,1H3. The van der Waals surface area contributed by atoms with E-state index in [1.54, 1.807) is 24.3 Å². The summed E-state index contributed by atoms with van der Waals surface area (Å²) in [6, 6.07) is 6.60. The van der Waals surface area contributed by atoms with E-state index >= 15 is 0 Å². The first kappa shape index (κ1) is 17.4. The Bertz CT molecular complexity index is 691. The van der Waals surface area contributed by atoms with Crippen LogP contribution in [0.3, 0.4) is 0 Å². The first-order chi connectivity index (χ1) is 10.3. The van der Waals surface area contributed by atoms with E-state index in [2.05, 4.69) is 9.44 Å². The lowest BCUT2D eigenvalue weighted by Crippen LogP contribution is -2.32. The topological polar surface area (TPSA) is 92.3 Å². The van der Waals surface area contributed by atoms with Crippen LogP contribution in [0.15, 0.2) is 29.2 Å². The van der Waals surface area contributed by atoms with Crippen molar-refractivity contribution in [2.75, 3.05) is 12.8 Å². The van der Waals surface area contributed by atoms with Gasteiger partial charge in [0.15, 0.2) is 0 Å². The van der Waals surface area contributed by atoms with Gasteiger partial charge in [-0.15, -0.1) is 0 Å². The summed E-state index contributed by atoms with van der Waals surface area (Å²) in [5.41, 5.74) is 0.885. The highest BCUT2D eigenvalue weighted by Crippen LogP contribution is 2.20. The van der Waals surface area contributed by atoms with Crippen LogP contribution in [-0.4, -0.2) is 35.7 Å². The maximum Gasteiger partial charge on any atom is 0.240 e. The summed E-state index contributed by atoms with van der Waals surface area (Å²) in [6.07, 6.45) is 5.56. The molecule has 1 fully saturated rings. The third kappa shape index (κ3) is 5.35. The number of hydrogen-bond acceptors (Lipinski definition) is 4. The van der Waals surface area contributed by atoms with Gasteiger partial charge in [-0.1, -0.05) is 25.0 Å². The van der Waals surface area contributed by atoms with Crippen molar-refractivity contribution in [1.82, 2.24) is 9.44 Å². The Balaban J connectivity index is 1.95. The van der Waals surface area contributed by atoms with Crippen LogP contribution in [0.2, 0.25) is 0 Å². The Morgan fingerprint density at radius 1 is 1.05 bits per heavy atom. The van der Waals surface area contributed by atoms with Gasteiger partial charge in [0.2, 0.25) is 20.0 Å². The molecule has 8 heteroatoms. The van der Waals surface area contributed by atoms with Crippen LogP contribution in [0, 0.1) is 0 Å². The molecule has 0 amide bonds. The second-order valence-electron chi connectivity index (χ2n) is 5.66. The zero-order valence-corrected chi connectivity index (χ0v) is 14.2. The van der Waals surface area contributed by atoms with E-state index in [4.69, 9.17) is 0 Å². The van der Waals surface area contributed by atoms with E-state index in [0.717, 1.165) is 37.5 Å². The molecule has 22 heavy (non-hydrogen) atoms. The van der Waals surface area contributed by atoms with E-state index in [9.17, 15) is 16.8 Å². The number of nitrogens with one attached hydrogen (secondary N) is 2. The minimum atomic E-state index is -3.47. The van der Waals surface area contributed by atoms with Crippen LogP contribution in [0.1, 0.15) is 31.2 Å². The maximum absolute atomic E-state index is 12.2. The summed E-state index contributed by atoms with van der Waals surface area (Å²) < 4.78 is 51.6. The molecule has 0 radical (unpaired) electrons. The second-order valence-corrected chi connectivity index (χ2v) is 9.21. The molecule has 0 atom stereocenters. The third-order valence-electron chi connectivity index (χ3n) is 3.69. The quantitative estimate of drug-likeness (QED) is 0.770. The number of benzene rings is 1. The molecule has 0 spiro atoms. The summed E-state index contributed by atoms with van der Waals surface area (Å²) in [4.78, 5) is 0.249. The van der Waals surface area contributed by atoms with E-state index in [1.165, 1.54) is 0 Å². The van der Waals surface area contributed by atoms with E-state index < -0.39 is 20.0 Å². The highest BCUT2D eigenvalue weighted by atomic mass is 32.2. The maximum atomic E-state index is 12.2. The Hall–Kier alpha value is -0.960. The molecule has 0 aliphatic heterocycles. The fraction of sp³-hybridized carbons (Fsp3) is 0.571. The number of hydrogen-bond donors (Lipinski definition) is 2. The van der Waals surface area contributed by atoms with Gasteiger partial charge in [-0.2, -0.15) is 0 Å². The van der Waals surface area contributed by atoms with Crippen molar-refractivity contribution in [3.63, 3.8) is 0 Å². The van der Waals surface area contributed by atoms with Crippen LogP contribution >= 0.6 is 0 Å². The molecular weight excluding hydrogens is 324 g/mol. The van der Waals surface area contributed by atoms with Gasteiger partial charge in [-0.05, 0) is 37.0 Å². The fourth-order valence-corrected chi connectivity index (χ4v) is 4.33. The summed E-state index contributed by atoms with van der Waals surface area (Å²) in [7, 11) is -6.66. The van der Waals surface area contributed by atoms with Gasteiger partial charge in [0.25, 0.3) is 0 Å². The Labute approximate surface area is 132 Å². The summed E-state index contributed by atoms with van der Waals surface area (Å²) in [6.45, 7) is 0.297. The first-order valence-corrected chi connectivity index (χ1v) is 10.7. The molecule has 1 saturated carbocycles. The van der Waals surface area contributed by atoms with Gasteiger partial charge in [0.1, 0.15) is 0 Å². The van der Waals surface area contributed by atoms with Crippen molar-refractivity contribution in [1.29, 1.82) is 0 Å². The molecule has 0 unspecified atom stereocenters. The Morgan fingerprint density at radius 3 is 2.18 bits per heavy atom. The first-order valence-electron chi connectivity index (χ1n) is 7.32. The van der Waals surface area contributed by atoms with E-state index in [0.29, 0.717) is 13.0 Å². The highest BCUT2D eigenvalue weighted by Gasteiger charge is 2.22. The SMILES string of the molecule is CS(=O)(=O)NCCc1ccc(S(=O)(=O)NC2CCCC2)cc1. The molecule has 0 bridgehead atoms. The molecule has 1 aliphatic rings. The van der Waals surface area contributed by atoms with E-state index in [-0.39, 0.29) is 10.9 Å². The highest BCUT2D eigenvalue weighted by molar-refractivity contribution is 7.89. The molecular formula is C14H22N2O4S2. The second kappa shape index (κ2) is 7.08. The number of rotatable bonds is 7. The van der Waals surface area contributed by atoms with Gasteiger partial charge in [-0.3, -0.25) is 0 Å². The van der Waals surface area contributed by atoms with Crippen LogP contribution in [-0.2, 0) is 26.5 Å². The number of sulfonamides is 2. The van der Waals surface area contributed by atoms with Crippen molar-refractivity contribution in [3.8, 4) is 0 Å². The van der Waals surface area contributed by atoms with Crippen molar-refractivity contribution in [2.24, 2.45) is 0 Å². The molecule has 0 heterocycles. The molecule has 0 aromatic heterocycles. The lowest BCUT2D eigenvalue weighted by Gasteiger charge is -2.12. The van der Waals surface area contributed by atoms with Crippen molar-refractivity contribution in [2.45, 2.75) is 43.0 Å². The predicted octanol–water partition coefficient (Wildman–Crippen LogP) is 0.999. The van der Waals surface area contributed by atoms with Crippen LogP contribution < -0.4 is 9.44 Å². The smallest absolute Gasteiger partial charge is 0.215 e. The molecule has 124 valence electrons. The molecule has 2 rings (SSSR count). The lowest BCUT2D eigenvalue weighted by molar-refractivity contribution is 0.552. The van der Waals surface area contributed by atoms with Gasteiger partial charge >= 0.3 is 0 Å². The molecule has 1 aromatic carbocycles. The summed E-state index contributed by atoms with van der Waals surface area (Å²) in [5, 5.41) is 0. The average Bonchev–Trinajstić information content (AvgIpc) is 2.90. The molecule has 1 aromatic rings. The minimum Gasteiger partial charge on any atom is -0.215 e. The Kier molecular flexibility index (Phi) is 5.60. The molecule has 1 aliphatic carbocycles. The monoisotopic (exact) mass is 346 g/mol. The largest absolute Gasteiger partial charge is 0.240 e. The molecule has 0 saturated heterocycles. The van der Waals surface area contributed by atoms with Crippen molar-refractivity contribution >= 4 is 20.0 Å². The van der Waals surface area contributed by atoms with Gasteiger partial charge in [-0.25, -0.2) is 26.3 Å². The fourth-order valence-electron chi connectivity index (χ4n) is 2.55. The average molecular weight is 346 g/mol. The minimum absolute atomic E-state index is 0.0450. The molecule has 6 nitrogen and oxygen atoms in total. The summed E-state index contributed by atoms with van der Waals surface area (Å²) in [5.74, 6) is 0. The van der Waals surface area contributed by atoms with Gasteiger partial charge in [0, 0.05) is 12.6 Å². The molecule has 2 N–H and O–H groups in total. The van der Waals surface area contributed by atoms with Gasteiger partial charge in [0.05, 0.1) is 11.2 Å². The third-order valence-corrected chi connectivity index (χ3v) is 5.95. The lowest BCUT2D eigenvalue weighted by atomic mass is 10.2. The van der Waals surface area contributed by atoms with Crippen LogP contribution in [0.5, 0.6) is 0 Å². The normalized spacial score (nSPS) is 17.0. The summed E-state index contributed by atoms with van der Waals surface area (Å²) >= 11 is 0. The van der Waals surface area contributed by atoms with Crippen LogP contribution in [0.4, 0.5) is 0 Å². The van der Waals surface area contributed by atoms with Crippen molar-refractivity contribution in [3.05, 3.63) is 29.8 Å². The van der Waals surface area contributed by atoms with Gasteiger partial charge < -0.3 is 0 Å². The van der Waals surface area contributed by atoms with E-state index in [1.807, 2.05) is 0 Å². The van der Waals surface area contributed by atoms with Crippen LogP contribution in [0.25, 0.3) is 0 Å². The predicted molar refractivity (Wildman–Crippen MR) is 85.6 cm³/mol. The Morgan fingerprint density at radius 2 is 1.64 bits per heavy atom. The zero-order valence-electron chi connectivity index (χ0n) is 12.6. The van der Waals surface area contributed by atoms with Crippen molar-refractivity contribution < 1.29 is 16.8 Å². The zero-order chi connectivity index (χ0) is 16.2.